The van der Waals surface area contributed by atoms with Crippen molar-refractivity contribution in [3.05, 3.63) is 17.0 Å². The molecule has 0 fully saturated rings. The van der Waals surface area contributed by atoms with E-state index in [4.69, 9.17) is 5.73 Å². The Kier molecular flexibility index (Phi) is 5.12. The summed E-state index contributed by atoms with van der Waals surface area (Å²) in [6.45, 7) is 4.38. The molecule has 4 nitrogen and oxygen atoms in total. The van der Waals surface area contributed by atoms with Crippen LogP contribution in [0, 0.1) is 0 Å². The molecule has 1 rings (SSSR count). The third-order valence-electron chi connectivity index (χ3n) is 2.93. The number of hydrogen-bond acceptors (Lipinski definition) is 4. The van der Waals surface area contributed by atoms with Crippen molar-refractivity contribution in [1.82, 2.24) is 4.31 Å². The summed E-state index contributed by atoms with van der Waals surface area (Å²) in [5.74, 6) is 0. The molecular weight excluding hydrogens is 256 g/mol. The van der Waals surface area contributed by atoms with Crippen molar-refractivity contribution in [3.8, 4) is 0 Å². The van der Waals surface area contributed by atoms with Crippen molar-refractivity contribution in [3.63, 3.8) is 0 Å². The highest BCUT2D eigenvalue weighted by Crippen LogP contribution is 2.26. The first-order valence-electron chi connectivity index (χ1n) is 5.74. The normalized spacial score (nSPS) is 12.6. The van der Waals surface area contributed by atoms with Gasteiger partial charge < -0.3 is 5.73 Å². The fourth-order valence-electron chi connectivity index (χ4n) is 1.75. The summed E-state index contributed by atoms with van der Waals surface area (Å²) in [4.78, 5) is 0.890. The van der Waals surface area contributed by atoms with E-state index in [1.54, 1.807) is 19.2 Å². The van der Waals surface area contributed by atoms with Gasteiger partial charge in [-0.2, -0.15) is 4.31 Å². The maximum absolute atomic E-state index is 12.3. The van der Waals surface area contributed by atoms with E-state index in [1.807, 2.05) is 13.8 Å². The highest BCUT2D eigenvalue weighted by Gasteiger charge is 2.27. The summed E-state index contributed by atoms with van der Waals surface area (Å²) in [6, 6.07) is 3.47. The molecule has 2 N–H and O–H groups in total. The molecule has 0 spiro atoms. The van der Waals surface area contributed by atoms with Crippen LogP contribution in [0.1, 0.15) is 31.6 Å². The Morgan fingerprint density at radius 1 is 1.35 bits per heavy atom. The third kappa shape index (κ3) is 3.07. The van der Waals surface area contributed by atoms with Crippen LogP contribution >= 0.6 is 11.3 Å². The first-order chi connectivity index (χ1) is 7.97. The molecule has 0 saturated heterocycles. The van der Waals surface area contributed by atoms with Gasteiger partial charge in [0.1, 0.15) is 4.21 Å². The Morgan fingerprint density at radius 2 is 1.94 bits per heavy atom. The van der Waals surface area contributed by atoms with Crippen molar-refractivity contribution in [1.29, 1.82) is 0 Å². The Balaban J connectivity index is 3.01. The fourth-order valence-corrected chi connectivity index (χ4v) is 4.67. The fraction of sp³-hybridized carbons (Fsp3) is 0.636. The zero-order valence-corrected chi connectivity index (χ0v) is 12.1. The quantitative estimate of drug-likeness (QED) is 0.864. The molecule has 0 saturated carbocycles. The molecule has 0 radical (unpaired) electrons. The second kappa shape index (κ2) is 5.95. The Bertz CT molecular complexity index is 450. The molecule has 0 aliphatic rings. The standard InChI is InChI=1S/C11H20N2O2S2/c1-4-9(5-2)13(3)17(14,15)11-7-6-10(8-12)16-11/h6-7,9H,4-5,8,12H2,1-3H3. The lowest BCUT2D eigenvalue weighted by molar-refractivity contribution is 0.350. The molecule has 1 heterocycles. The number of hydrogen-bond donors (Lipinski definition) is 1. The Hall–Kier alpha value is -0.430. The largest absolute Gasteiger partial charge is 0.326 e. The number of sulfonamides is 1. The maximum Gasteiger partial charge on any atom is 0.252 e. The monoisotopic (exact) mass is 276 g/mol. The minimum Gasteiger partial charge on any atom is -0.326 e. The molecule has 0 aliphatic carbocycles. The van der Waals surface area contributed by atoms with Crippen LogP contribution in [-0.2, 0) is 16.6 Å². The summed E-state index contributed by atoms with van der Waals surface area (Å²) >= 11 is 1.25. The van der Waals surface area contributed by atoms with Gasteiger partial charge in [0.2, 0.25) is 0 Å². The van der Waals surface area contributed by atoms with Crippen molar-refractivity contribution in [2.45, 2.75) is 43.5 Å². The van der Waals surface area contributed by atoms with Crippen LogP contribution in [0.2, 0.25) is 0 Å². The van der Waals surface area contributed by atoms with E-state index in [0.717, 1.165) is 17.7 Å². The molecule has 6 heteroatoms. The summed E-state index contributed by atoms with van der Waals surface area (Å²) in [5, 5.41) is 0. The van der Waals surface area contributed by atoms with Crippen LogP contribution in [0.15, 0.2) is 16.3 Å². The van der Waals surface area contributed by atoms with Crippen LogP contribution in [-0.4, -0.2) is 25.8 Å². The second-order valence-corrected chi connectivity index (χ2v) is 7.31. The van der Waals surface area contributed by atoms with Gasteiger partial charge in [-0.25, -0.2) is 8.42 Å². The zero-order chi connectivity index (χ0) is 13.1. The first kappa shape index (κ1) is 14.6. The minimum atomic E-state index is -3.36. The summed E-state index contributed by atoms with van der Waals surface area (Å²) in [5.41, 5.74) is 5.50. The topological polar surface area (TPSA) is 63.4 Å². The van der Waals surface area contributed by atoms with Crippen LogP contribution in [0.5, 0.6) is 0 Å². The highest BCUT2D eigenvalue weighted by molar-refractivity contribution is 7.91. The van der Waals surface area contributed by atoms with Gasteiger partial charge in [-0.1, -0.05) is 13.8 Å². The van der Waals surface area contributed by atoms with Gasteiger partial charge >= 0.3 is 0 Å². The smallest absolute Gasteiger partial charge is 0.252 e. The van der Waals surface area contributed by atoms with Crippen LogP contribution in [0.4, 0.5) is 0 Å². The minimum absolute atomic E-state index is 0.0587. The highest BCUT2D eigenvalue weighted by atomic mass is 32.2. The number of nitrogens with two attached hydrogens (primary N) is 1. The molecule has 0 unspecified atom stereocenters. The van der Waals surface area contributed by atoms with E-state index in [2.05, 4.69) is 0 Å². The van der Waals surface area contributed by atoms with E-state index in [9.17, 15) is 8.42 Å². The summed E-state index contributed by atoms with van der Waals surface area (Å²) in [6.07, 6.45) is 1.64. The lowest BCUT2D eigenvalue weighted by Gasteiger charge is -2.24. The average Bonchev–Trinajstić information content (AvgIpc) is 2.79. The summed E-state index contributed by atoms with van der Waals surface area (Å²) in [7, 11) is -1.71. The van der Waals surface area contributed by atoms with Gasteiger partial charge in [0.25, 0.3) is 10.0 Å². The van der Waals surface area contributed by atoms with Crippen molar-refractivity contribution in [2.24, 2.45) is 5.73 Å². The van der Waals surface area contributed by atoms with E-state index in [1.165, 1.54) is 15.6 Å². The van der Waals surface area contributed by atoms with Gasteiger partial charge in [0.15, 0.2) is 0 Å². The first-order valence-corrected chi connectivity index (χ1v) is 7.99. The lowest BCUT2D eigenvalue weighted by Crippen LogP contribution is -2.35. The van der Waals surface area contributed by atoms with Gasteiger partial charge in [-0.3, -0.25) is 0 Å². The average molecular weight is 276 g/mol. The van der Waals surface area contributed by atoms with E-state index in [0.29, 0.717) is 10.8 Å². The third-order valence-corrected chi connectivity index (χ3v) is 6.41. The predicted molar refractivity (Wildman–Crippen MR) is 71.5 cm³/mol. The van der Waals surface area contributed by atoms with Crippen molar-refractivity contribution < 1.29 is 8.42 Å². The number of nitrogens with zero attached hydrogens (tertiary/aromatic N) is 1. The maximum atomic E-state index is 12.3. The van der Waals surface area contributed by atoms with Crippen molar-refractivity contribution in [2.75, 3.05) is 7.05 Å². The molecule has 1 aromatic heterocycles. The van der Waals surface area contributed by atoms with E-state index < -0.39 is 10.0 Å². The summed E-state index contributed by atoms with van der Waals surface area (Å²) < 4.78 is 26.5. The predicted octanol–water partition coefficient (Wildman–Crippen LogP) is 2.02. The van der Waals surface area contributed by atoms with E-state index in [-0.39, 0.29) is 6.04 Å². The molecule has 0 aliphatic heterocycles. The van der Waals surface area contributed by atoms with Gasteiger partial charge in [0, 0.05) is 24.5 Å². The van der Waals surface area contributed by atoms with Gasteiger partial charge in [-0.15, -0.1) is 11.3 Å². The number of rotatable bonds is 6. The molecular formula is C11H20N2O2S2. The van der Waals surface area contributed by atoms with Crippen LogP contribution < -0.4 is 5.73 Å². The van der Waals surface area contributed by atoms with Gasteiger partial charge in [-0.05, 0) is 25.0 Å². The molecule has 0 bridgehead atoms. The Morgan fingerprint density at radius 3 is 2.35 bits per heavy atom. The lowest BCUT2D eigenvalue weighted by atomic mass is 10.2. The zero-order valence-electron chi connectivity index (χ0n) is 10.5. The molecule has 1 aromatic rings. The van der Waals surface area contributed by atoms with Crippen LogP contribution in [0.25, 0.3) is 0 Å². The van der Waals surface area contributed by atoms with Crippen molar-refractivity contribution >= 4 is 21.4 Å². The molecule has 0 aromatic carbocycles. The molecule has 0 atom stereocenters. The molecule has 98 valence electrons. The van der Waals surface area contributed by atoms with Crippen LogP contribution in [0.3, 0.4) is 0 Å². The van der Waals surface area contributed by atoms with Gasteiger partial charge in [0.05, 0.1) is 0 Å². The van der Waals surface area contributed by atoms with E-state index >= 15 is 0 Å². The number of thiophene rings is 1. The Labute approximate surface area is 107 Å². The molecule has 0 amide bonds. The SMILES string of the molecule is CCC(CC)N(C)S(=O)(=O)c1ccc(CN)s1. The second-order valence-electron chi connectivity index (χ2n) is 3.92. The molecule has 17 heavy (non-hydrogen) atoms.